The van der Waals surface area contributed by atoms with E-state index in [0.717, 1.165) is 24.5 Å². The fourth-order valence-electron chi connectivity index (χ4n) is 1.57. The van der Waals surface area contributed by atoms with Gasteiger partial charge in [0.05, 0.1) is 12.6 Å². The lowest BCUT2D eigenvalue weighted by molar-refractivity contribution is 0.271. The molecule has 3 N–H and O–H groups in total. The van der Waals surface area contributed by atoms with E-state index in [2.05, 4.69) is 29.1 Å². The highest BCUT2D eigenvalue weighted by atomic mass is 32.1. The van der Waals surface area contributed by atoms with Crippen molar-refractivity contribution in [2.24, 2.45) is 5.92 Å². The Bertz CT molecular complexity index is 399. The Morgan fingerprint density at radius 3 is 2.76 bits per heavy atom. The smallest absolute Gasteiger partial charge is 0.131 e. The summed E-state index contributed by atoms with van der Waals surface area (Å²) in [5.41, 5.74) is 0. The van der Waals surface area contributed by atoms with Crippen molar-refractivity contribution >= 4 is 18.0 Å². The fraction of sp³-hybridized carbons (Fsp3) is 0.667. The summed E-state index contributed by atoms with van der Waals surface area (Å²) >= 11 is 5.13. The van der Waals surface area contributed by atoms with Crippen molar-refractivity contribution < 1.29 is 5.11 Å². The van der Waals surface area contributed by atoms with E-state index in [0.29, 0.717) is 10.6 Å². The first-order valence-electron chi connectivity index (χ1n) is 6.02. The summed E-state index contributed by atoms with van der Waals surface area (Å²) in [4.78, 5) is 7.51. The van der Waals surface area contributed by atoms with Crippen LogP contribution in [-0.2, 0) is 6.42 Å². The SMILES string of the molecule is CCC(CO)Nc1cc(=S)nc(CC(C)C)[nH]1. The number of H-pyrrole nitrogens is 1. The zero-order chi connectivity index (χ0) is 12.8. The van der Waals surface area contributed by atoms with Gasteiger partial charge in [0.2, 0.25) is 0 Å². The van der Waals surface area contributed by atoms with Crippen LogP contribution in [-0.4, -0.2) is 27.7 Å². The van der Waals surface area contributed by atoms with Crippen molar-refractivity contribution in [2.75, 3.05) is 11.9 Å². The van der Waals surface area contributed by atoms with Crippen LogP contribution in [0.1, 0.15) is 33.0 Å². The van der Waals surface area contributed by atoms with Gasteiger partial charge in [-0.15, -0.1) is 0 Å². The number of aromatic nitrogens is 2. The van der Waals surface area contributed by atoms with Crippen molar-refractivity contribution in [2.45, 2.75) is 39.7 Å². The Labute approximate surface area is 107 Å². The number of nitrogens with one attached hydrogen (secondary N) is 2. The van der Waals surface area contributed by atoms with Gasteiger partial charge in [0, 0.05) is 12.5 Å². The summed E-state index contributed by atoms with van der Waals surface area (Å²) in [7, 11) is 0. The van der Waals surface area contributed by atoms with Crippen molar-refractivity contribution in [3.63, 3.8) is 0 Å². The van der Waals surface area contributed by atoms with Gasteiger partial charge in [-0.05, 0) is 12.3 Å². The van der Waals surface area contributed by atoms with Gasteiger partial charge in [-0.25, -0.2) is 4.98 Å². The van der Waals surface area contributed by atoms with Crippen LogP contribution < -0.4 is 5.32 Å². The molecular formula is C12H21N3OS. The Morgan fingerprint density at radius 2 is 2.24 bits per heavy atom. The first kappa shape index (κ1) is 14.1. The third kappa shape index (κ3) is 4.83. The number of aromatic amines is 1. The Balaban J connectivity index is 2.85. The number of aliphatic hydroxyl groups is 1. The van der Waals surface area contributed by atoms with Crippen LogP contribution in [0.3, 0.4) is 0 Å². The van der Waals surface area contributed by atoms with Gasteiger partial charge in [0.1, 0.15) is 16.3 Å². The van der Waals surface area contributed by atoms with Gasteiger partial charge in [-0.3, -0.25) is 0 Å². The number of hydrogen-bond acceptors (Lipinski definition) is 4. The molecule has 0 aliphatic carbocycles. The minimum atomic E-state index is 0.0509. The monoisotopic (exact) mass is 255 g/mol. The van der Waals surface area contributed by atoms with Crippen LogP contribution >= 0.6 is 12.2 Å². The van der Waals surface area contributed by atoms with E-state index in [4.69, 9.17) is 17.3 Å². The van der Waals surface area contributed by atoms with Gasteiger partial charge in [-0.1, -0.05) is 33.0 Å². The molecule has 1 unspecified atom stereocenters. The van der Waals surface area contributed by atoms with Gasteiger partial charge in [0.25, 0.3) is 0 Å². The average molecular weight is 255 g/mol. The van der Waals surface area contributed by atoms with E-state index in [1.807, 2.05) is 6.92 Å². The molecule has 0 spiro atoms. The molecular weight excluding hydrogens is 234 g/mol. The van der Waals surface area contributed by atoms with Gasteiger partial charge < -0.3 is 15.4 Å². The highest BCUT2D eigenvalue weighted by Crippen LogP contribution is 2.10. The quantitative estimate of drug-likeness (QED) is 0.684. The van der Waals surface area contributed by atoms with Crippen LogP contribution in [0.25, 0.3) is 0 Å². The van der Waals surface area contributed by atoms with Crippen LogP contribution in [0.4, 0.5) is 5.82 Å². The summed E-state index contributed by atoms with van der Waals surface area (Å²) < 4.78 is 0.578. The number of hydrogen-bond donors (Lipinski definition) is 3. The summed E-state index contributed by atoms with van der Waals surface area (Å²) in [5.74, 6) is 2.26. The zero-order valence-electron chi connectivity index (χ0n) is 10.7. The maximum absolute atomic E-state index is 9.15. The van der Waals surface area contributed by atoms with E-state index in [9.17, 15) is 0 Å². The van der Waals surface area contributed by atoms with Crippen molar-refractivity contribution in [3.8, 4) is 0 Å². The summed E-state index contributed by atoms with van der Waals surface area (Å²) in [5, 5.41) is 12.4. The third-order valence-electron chi connectivity index (χ3n) is 2.47. The maximum atomic E-state index is 9.15. The molecule has 1 heterocycles. The second-order valence-electron chi connectivity index (χ2n) is 4.61. The molecule has 1 rings (SSSR count). The van der Waals surface area contributed by atoms with E-state index in [-0.39, 0.29) is 12.6 Å². The minimum Gasteiger partial charge on any atom is -0.394 e. The molecule has 0 fully saturated rings. The van der Waals surface area contributed by atoms with Crippen LogP contribution in [0.2, 0.25) is 0 Å². The van der Waals surface area contributed by atoms with Crippen molar-refractivity contribution in [1.82, 2.24) is 9.97 Å². The molecule has 1 aromatic rings. The zero-order valence-corrected chi connectivity index (χ0v) is 11.5. The Kier molecular flexibility index (Phi) is 5.58. The molecule has 5 heteroatoms. The molecule has 0 amide bonds. The lowest BCUT2D eigenvalue weighted by Gasteiger charge is -2.16. The van der Waals surface area contributed by atoms with E-state index in [1.165, 1.54) is 0 Å². The highest BCUT2D eigenvalue weighted by Gasteiger charge is 2.06. The summed E-state index contributed by atoms with van der Waals surface area (Å²) in [6.45, 7) is 6.42. The standard InChI is InChI=1S/C12H21N3OS/c1-4-9(7-16)13-11-6-12(17)15-10(14-11)5-8(2)3/h6,8-9,16H,4-5,7H2,1-3H3,(H2,13,14,15,17). The molecule has 96 valence electrons. The number of nitrogens with zero attached hydrogens (tertiary/aromatic N) is 1. The fourth-order valence-corrected chi connectivity index (χ4v) is 1.79. The van der Waals surface area contributed by atoms with Crippen LogP contribution in [0, 0.1) is 10.6 Å². The normalized spacial score (nSPS) is 12.8. The first-order chi connectivity index (χ1) is 8.05. The van der Waals surface area contributed by atoms with Crippen molar-refractivity contribution in [3.05, 3.63) is 16.5 Å². The Morgan fingerprint density at radius 1 is 1.53 bits per heavy atom. The predicted octanol–water partition coefficient (Wildman–Crippen LogP) is 2.52. The predicted molar refractivity (Wildman–Crippen MR) is 72.8 cm³/mol. The molecule has 0 aliphatic heterocycles. The lowest BCUT2D eigenvalue weighted by atomic mass is 10.1. The lowest BCUT2D eigenvalue weighted by Crippen LogP contribution is -2.23. The molecule has 4 nitrogen and oxygen atoms in total. The van der Waals surface area contributed by atoms with Gasteiger partial charge in [0.15, 0.2) is 0 Å². The molecule has 0 bridgehead atoms. The third-order valence-corrected chi connectivity index (χ3v) is 2.68. The maximum Gasteiger partial charge on any atom is 0.131 e. The van der Waals surface area contributed by atoms with E-state index in [1.54, 1.807) is 6.07 Å². The summed E-state index contributed by atoms with van der Waals surface area (Å²) in [6, 6.07) is 1.84. The molecule has 0 radical (unpaired) electrons. The molecule has 0 saturated carbocycles. The number of anilines is 1. The molecule has 0 aliphatic rings. The Hall–Kier alpha value is -0.940. The second-order valence-corrected chi connectivity index (χ2v) is 5.03. The van der Waals surface area contributed by atoms with Crippen LogP contribution in [0.5, 0.6) is 0 Å². The number of aliphatic hydroxyl groups excluding tert-OH is 1. The summed E-state index contributed by atoms with van der Waals surface area (Å²) in [6.07, 6.45) is 1.73. The van der Waals surface area contributed by atoms with Gasteiger partial charge >= 0.3 is 0 Å². The molecule has 0 saturated heterocycles. The number of rotatable bonds is 6. The molecule has 17 heavy (non-hydrogen) atoms. The largest absolute Gasteiger partial charge is 0.394 e. The molecule has 0 aromatic carbocycles. The van der Waals surface area contributed by atoms with Gasteiger partial charge in [-0.2, -0.15) is 0 Å². The van der Waals surface area contributed by atoms with E-state index < -0.39 is 0 Å². The molecule has 1 atom stereocenters. The topological polar surface area (TPSA) is 60.9 Å². The van der Waals surface area contributed by atoms with Crippen LogP contribution in [0.15, 0.2) is 6.07 Å². The highest BCUT2D eigenvalue weighted by molar-refractivity contribution is 7.71. The second kappa shape index (κ2) is 6.71. The molecule has 1 aromatic heterocycles. The first-order valence-corrected chi connectivity index (χ1v) is 6.43. The van der Waals surface area contributed by atoms with Crippen molar-refractivity contribution in [1.29, 1.82) is 0 Å². The minimum absolute atomic E-state index is 0.0509. The van der Waals surface area contributed by atoms with E-state index >= 15 is 0 Å². The average Bonchev–Trinajstić information content (AvgIpc) is 2.24.